The Labute approximate surface area is 353 Å². The number of hydrogen-bond acceptors (Lipinski definition) is 4. The Bertz CT molecular complexity index is 3230. The molecule has 8 aromatic carbocycles. The second-order valence-electron chi connectivity index (χ2n) is 14.7. The molecule has 59 heavy (non-hydrogen) atoms. The fourth-order valence-corrected chi connectivity index (χ4v) is 8.53. The normalized spacial score (nSPS) is 14.0. The van der Waals surface area contributed by atoms with Gasteiger partial charge in [0.2, 0.25) is 0 Å². The molecule has 0 radical (unpaired) electrons. The number of para-hydroxylation sites is 4. The minimum atomic E-state index is 0.893. The van der Waals surface area contributed by atoms with Gasteiger partial charge in [0.15, 0.2) is 0 Å². The highest BCUT2D eigenvalue weighted by molar-refractivity contribution is 8.59. The summed E-state index contributed by atoms with van der Waals surface area (Å²) in [6.07, 6.45) is 6.62. The standard InChI is InChI=1S/C54H36N2O.H2S2/c1-36-31-42(38-14-11-13-37(32-38)39-15-12-18-44(33-39)56-51-22-8-5-19-45(51)46-20-6-9-23-52(46)56)29-30-55(43-16-3-2-4-17-43)50-27-25-40(34-48(36)50)41-26-28-54-49(35-41)47-21-7-10-24-53(47)57-54;1-2/h2-35H,1H2;1-2H/b30-29-,42-31+;. The van der Waals surface area contributed by atoms with E-state index in [1.54, 1.807) is 0 Å². The molecule has 3 nitrogen and oxygen atoms in total. The highest BCUT2D eigenvalue weighted by Crippen LogP contribution is 2.41. The summed E-state index contributed by atoms with van der Waals surface area (Å²) >= 11 is 6.44. The summed E-state index contributed by atoms with van der Waals surface area (Å²) in [7, 11) is 0. The van der Waals surface area contributed by atoms with Crippen molar-refractivity contribution in [3.8, 4) is 27.9 Å². The number of fused-ring (bicyclic) bond motifs is 7. The average molecular weight is 795 g/mol. The molecule has 0 bridgehead atoms. The van der Waals surface area contributed by atoms with Gasteiger partial charge in [-0.2, -0.15) is 0 Å². The second kappa shape index (κ2) is 15.4. The monoisotopic (exact) mass is 794 g/mol. The lowest BCUT2D eigenvalue weighted by Gasteiger charge is -2.26. The van der Waals surface area contributed by atoms with E-state index in [2.05, 4.69) is 227 Å². The fourth-order valence-electron chi connectivity index (χ4n) is 8.53. The Balaban J connectivity index is 0.00000207. The third-order valence-electron chi connectivity index (χ3n) is 11.3. The molecule has 0 amide bonds. The average Bonchev–Trinajstić information content (AvgIpc) is 3.85. The first-order chi connectivity index (χ1) is 29.2. The lowest BCUT2D eigenvalue weighted by Crippen LogP contribution is -2.12. The van der Waals surface area contributed by atoms with E-state index in [-0.39, 0.29) is 0 Å². The topological polar surface area (TPSA) is 21.3 Å². The molecule has 0 fully saturated rings. The minimum absolute atomic E-state index is 0.893. The van der Waals surface area contributed by atoms with Gasteiger partial charge < -0.3 is 13.9 Å². The number of hydrogen-bond donors (Lipinski definition) is 2. The van der Waals surface area contributed by atoms with Crippen molar-refractivity contribution >= 4 is 89.6 Å². The van der Waals surface area contributed by atoms with Crippen LogP contribution in [0.4, 0.5) is 11.4 Å². The quantitative estimate of drug-likeness (QED) is 0.134. The van der Waals surface area contributed by atoms with Gasteiger partial charge in [-0.05, 0) is 124 Å². The van der Waals surface area contributed by atoms with Crippen molar-refractivity contribution < 1.29 is 4.42 Å². The molecule has 5 heteroatoms. The number of furan rings is 1. The summed E-state index contributed by atoms with van der Waals surface area (Å²) in [5.41, 5.74) is 16.3. The Morgan fingerprint density at radius 3 is 1.80 bits per heavy atom. The van der Waals surface area contributed by atoms with Gasteiger partial charge in [-0.25, -0.2) is 0 Å². The lowest BCUT2D eigenvalue weighted by atomic mass is 9.92. The van der Waals surface area contributed by atoms with Crippen molar-refractivity contribution in [2.75, 3.05) is 4.90 Å². The summed E-state index contributed by atoms with van der Waals surface area (Å²) < 4.78 is 8.53. The highest BCUT2D eigenvalue weighted by atomic mass is 33.1. The molecule has 2 aromatic heterocycles. The van der Waals surface area contributed by atoms with Crippen LogP contribution in [0.5, 0.6) is 0 Å². The largest absolute Gasteiger partial charge is 0.456 e. The van der Waals surface area contributed by atoms with Crippen molar-refractivity contribution in [1.29, 1.82) is 0 Å². The number of aromatic nitrogens is 1. The summed E-state index contributed by atoms with van der Waals surface area (Å²) in [6, 6.07) is 67.0. The van der Waals surface area contributed by atoms with Gasteiger partial charge >= 0.3 is 0 Å². The molecule has 0 saturated heterocycles. The Morgan fingerprint density at radius 1 is 0.441 bits per heavy atom. The van der Waals surface area contributed by atoms with Gasteiger partial charge in [-0.3, -0.25) is 0 Å². The van der Waals surface area contributed by atoms with Gasteiger partial charge in [0.1, 0.15) is 11.2 Å². The van der Waals surface area contributed by atoms with Gasteiger partial charge in [-0.15, -0.1) is 23.3 Å². The number of nitrogens with zero attached hydrogens (tertiary/aromatic N) is 2. The molecule has 0 aliphatic carbocycles. The molecule has 0 atom stereocenters. The number of rotatable bonds is 5. The summed E-state index contributed by atoms with van der Waals surface area (Å²) in [5, 5.41) is 4.76. The molecule has 282 valence electrons. The third kappa shape index (κ3) is 6.55. The Morgan fingerprint density at radius 2 is 1.02 bits per heavy atom. The molecule has 11 rings (SSSR count). The third-order valence-corrected chi connectivity index (χ3v) is 11.3. The van der Waals surface area contributed by atoms with Crippen molar-refractivity contribution in [2.24, 2.45) is 0 Å². The Hall–Kier alpha value is -6.92. The smallest absolute Gasteiger partial charge is 0.135 e. The first kappa shape index (κ1) is 36.4. The number of anilines is 2. The zero-order valence-corrected chi connectivity index (χ0v) is 33.8. The van der Waals surface area contributed by atoms with Crippen LogP contribution in [0.15, 0.2) is 217 Å². The molecule has 0 spiro atoms. The van der Waals surface area contributed by atoms with Crippen LogP contribution in [-0.2, 0) is 0 Å². The van der Waals surface area contributed by atoms with Crippen LogP contribution in [0.25, 0.3) is 82.8 Å². The maximum absolute atomic E-state index is 6.15. The van der Waals surface area contributed by atoms with E-state index in [0.29, 0.717) is 0 Å². The van der Waals surface area contributed by atoms with E-state index < -0.39 is 0 Å². The molecular formula is C54H38N2OS2. The molecule has 0 saturated carbocycles. The number of allylic oxidation sites excluding steroid dienone is 4. The van der Waals surface area contributed by atoms with E-state index in [1.807, 2.05) is 12.1 Å². The summed E-state index contributed by atoms with van der Waals surface area (Å²) in [4.78, 5) is 2.27. The minimum Gasteiger partial charge on any atom is -0.456 e. The fraction of sp³-hybridized carbons (Fsp3) is 0. The number of thiol groups is 2. The maximum atomic E-state index is 6.15. The van der Waals surface area contributed by atoms with E-state index in [4.69, 9.17) is 11.0 Å². The van der Waals surface area contributed by atoms with Crippen LogP contribution in [-0.4, -0.2) is 4.57 Å². The second-order valence-corrected chi connectivity index (χ2v) is 14.7. The predicted molar refractivity (Wildman–Crippen MR) is 258 cm³/mol. The number of benzene rings is 8. The lowest BCUT2D eigenvalue weighted by molar-refractivity contribution is 0.669. The predicted octanol–water partition coefficient (Wildman–Crippen LogP) is 15.5. The zero-order valence-electron chi connectivity index (χ0n) is 32.0. The maximum Gasteiger partial charge on any atom is 0.135 e. The zero-order chi connectivity index (χ0) is 39.9. The van der Waals surface area contributed by atoms with Gasteiger partial charge in [0.05, 0.1) is 16.7 Å². The molecule has 1 aliphatic rings. The summed E-state index contributed by atoms with van der Waals surface area (Å²) in [6.45, 7) is 4.69. The van der Waals surface area contributed by atoms with E-state index in [0.717, 1.165) is 83.5 Å². The van der Waals surface area contributed by atoms with Gasteiger partial charge in [0, 0.05) is 44.7 Å². The van der Waals surface area contributed by atoms with E-state index in [1.165, 1.54) is 21.8 Å². The molecule has 10 aromatic rings. The molecule has 0 N–H and O–H groups in total. The first-order valence-electron chi connectivity index (χ1n) is 19.5. The SMILES string of the molecule is C=C1/C=C(c2cccc(-c3cccc(-n4c5ccccc5c5ccccc54)c3)c2)\C=C/N(c2ccccc2)c2ccc(-c3ccc4oc5ccccc5c4c3)cc21.SS. The first-order valence-corrected chi connectivity index (χ1v) is 21.1. The Kier molecular flexibility index (Phi) is 9.53. The van der Waals surface area contributed by atoms with Crippen LogP contribution >= 0.6 is 23.3 Å². The van der Waals surface area contributed by atoms with Gasteiger partial charge in [0.25, 0.3) is 0 Å². The molecular weight excluding hydrogens is 757 g/mol. The van der Waals surface area contributed by atoms with Crippen molar-refractivity contribution in [1.82, 2.24) is 4.57 Å². The van der Waals surface area contributed by atoms with Crippen molar-refractivity contribution in [2.45, 2.75) is 0 Å². The van der Waals surface area contributed by atoms with Crippen LogP contribution < -0.4 is 4.90 Å². The molecule has 3 heterocycles. The molecule has 0 unspecified atom stereocenters. The van der Waals surface area contributed by atoms with E-state index >= 15 is 0 Å². The van der Waals surface area contributed by atoms with Gasteiger partial charge in [-0.1, -0.05) is 122 Å². The van der Waals surface area contributed by atoms with E-state index in [9.17, 15) is 0 Å². The summed E-state index contributed by atoms with van der Waals surface area (Å²) in [5.74, 6) is 0. The van der Waals surface area contributed by atoms with Crippen LogP contribution in [0, 0.1) is 0 Å². The van der Waals surface area contributed by atoms with Crippen LogP contribution in [0.2, 0.25) is 0 Å². The molecule has 1 aliphatic heterocycles. The van der Waals surface area contributed by atoms with Crippen molar-refractivity contribution in [3.63, 3.8) is 0 Å². The van der Waals surface area contributed by atoms with Crippen molar-refractivity contribution in [3.05, 3.63) is 224 Å². The highest BCUT2D eigenvalue weighted by Gasteiger charge is 2.19. The van der Waals surface area contributed by atoms with Crippen LogP contribution in [0.3, 0.4) is 0 Å². The van der Waals surface area contributed by atoms with Crippen LogP contribution in [0.1, 0.15) is 11.1 Å².